The first kappa shape index (κ1) is 26.5. The summed E-state index contributed by atoms with van der Waals surface area (Å²) in [6, 6.07) is 8.40. The van der Waals surface area contributed by atoms with Crippen molar-refractivity contribution in [3.63, 3.8) is 0 Å². The van der Waals surface area contributed by atoms with E-state index in [0.29, 0.717) is 16.7 Å². The van der Waals surface area contributed by atoms with Crippen molar-refractivity contribution in [2.45, 2.75) is 97.4 Å². The minimum absolute atomic E-state index is 0.0340. The van der Waals surface area contributed by atoms with E-state index in [1.165, 1.54) is 43.2 Å². The van der Waals surface area contributed by atoms with E-state index in [0.717, 1.165) is 17.8 Å². The van der Waals surface area contributed by atoms with Gasteiger partial charge in [-0.25, -0.2) is 4.68 Å². The summed E-state index contributed by atoms with van der Waals surface area (Å²) in [4.78, 5) is 13.2. The molecule has 1 aliphatic carbocycles. The standard InChI is InChI=1S/C29H39ClN4O2/c1-28(2,3)20-15-21(29(4,5)6)17-22(16-20)34-24(14-19-10-8-7-9-11-19)25(30)26(33-34)27(35)31-18-23-12-13-32-36-23/h12-13,15-17,19H,7-11,14,18H2,1-6H3,(H,31,35). The van der Waals surface area contributed by atoms with Gasteiger partial charge in [-0.15, -0.1) is 0 Å². The molecule has 0 saturated heterocycles. The molecule has 1 aliphatic rings. The van der Waals surface area contributed by atoms with E-state index in [2.05, 4.69) is 70.2 Å². The number of nitrogens with one attached hydrogen (secondary N) is 1. The zero-order valence-electron chi connectivity index (χ0n) is 22.4. The van der Waals surface area contributed by atoms with Crippen LogP contribution in [0.25, 0.3) is 5.69 Å². The highest BCUT2D eigenvalue weighted by molar-refractivity contribution is 6.34. The summed E-state index contributed by atoms with van der Waals surface area (Å²) in [5.41, 5.74) is 4.52. The predicted molar refractivity (Wildman–Crippen MR) is 144 cm³/mol. The van der Waals surface area contributed by atoms with Crippen molar-refractivity contribution in [2.24, 2.45) is 5.92 Å². The lowest BCUT2D eigenvalue weighted by Gasteiger charge is -2.27. The minimum atomic E-state index is -0.317. The first-order valence-electron chi connectivity index (χ1n) is 13.0. The SMILES string of the molecule is CC(C)(C)c1cc(-n2nc(C(=O)NCc3ccno3)c(Cl)c2CC2CCCCC2)cc(C(C)(C)C)c1. The van der Waals surface area contributed by atoms with Gasteiger partial charge >= 0.3 is 0 Å². The van der Waals surface area contributed by atoms with Crippen LogP contribution in [0.4, 0.5) is 0 Å². The fraction of sp³-hybridized carbons (Fsp3) is 0.552. The van der Waals surface area contributed by atoms with Crippen LogP contribution in [0.5, 0.6) is 0 Å². The number of rotatable bonds is 6. The molecule has 2 heterocycles. The van der Waals surface area contributed by atoms with Gasteiger partial charge in [0.15, 0.2) is 11.5 Å². The van der Waals surface area contributed by atoms with Crippen LogP contribution in [-0.4, -0.2) is 20.8 Å². The third-order valence-electron chi connectivity index (χ3n) is 7.15. The lowest BCUT2D eigenvalue weighted by molar-refractivity contribution is 0.0941. The summed E-state index contributed by atoms with van der Waals surface area (Å²) in [5.74, 6) is 0.807. The fourth-order valence-electron chi connectivity index (χ4n) is 4.82. The van der Waals surface area contributed by atoms with Crippen molar-refractivity contribution >= 4 is 17.5 Å². The number of benzene rings is 1. The molecular weight excluding hydrogens is 472 g/mol. The molecular formula is C29H39ClN4O2. The second kappa shape index (κ2) is 10.4. The molecule has 6 nitrogen and oxygen atoms in total. The Morgan fingerprint density at radius 3 is 2.25 bits per heavy atom. The quantitative estimate of drug-likeness (QED) is 0.381. The summed E-state index contributed by atoms with van der Waals surface area (Å²) in [6.07, 6.45) is 8.52. The van der Waals surface area contributed by atoms with Crippen LogP contribution < -0.4 is 5.32 Å². The summed E-state index contributed by atoms with van der Waals surface area (Å²) in [7, 11) is 0. The Morgan fingerprint density at radius 2 is 1.69 bits per heavy atom. The van der Waals surface area contributed by atoms with Crippen LogP contribution in [0, 0.1) is 5.92 Å². The summed E-state index contributed by atoms with van der Waals surface area (Å²) >= 11 is 6.93. The topological polar surface area (TPSA) is 73.0 Å². The number of nitrogens with zero attached hydrogens (tertiary/aromatic N) is 3. The van der Waals surface area contributed by atoms with Gasteiger partial charge in [0.25, 0.3) is 5.91 Å². The number of hydrogen-bond donors (Lipinski definition) is 1. The van der Waals surface area contributed by atoms with Gasteiger partial charge in [-0.3, -0.25) is 4.79 Å². The average Bonchev–Trinajstić information content (AvgIpc) is 3.45. The van der Waals surface area contributed by atoms with Gasteiger partial charge < -0.3 is 9.84 Å². The summed E-state index contributed by atoms with van der Waals surface area (Å²) in [6.45, 7) is 13.6. The Kier molecular flexibility index (Phi) is 7.65. The smallest absolute Gasteiger partial charge is 0.273 e. The monoisotopic (exact) mass is 510 g/mol. The van der Waals surface area contributed by atoms with Crippen molar-refractivity contribution in [1.82, 2.24) is 20.3 Å². The maximum Gasteiger partial charge on any atom is 0.273 e. The van der Waals surface area contributed by atoms with Crippen molar-refractivity contribution in [3.05, 3.63) is 63.8 Å². The molecule has 2 aromatic heterocycles. The number of hydrogen-bond acceptors (Lipinski definition) is 4. The zero-order chi connectivity index (χ0) is 26.1. The Labute approximate surface area is 219 Å². The molecule has 4 rings (SSSR count). The molecule has 0 atom stereocenters. The molecule has 0 spiro atoms. The van der Waals surface area contributed by atoms with E-state index >= 15 is 0 Å². The molecule has 1 amide bonds. The molecule has 0 unspecified atom stereocenters. The third-order valence-corrected chi connectivity index (χ3v) is 7.54. The minimum Gasteiger partial charge on any atom is -0.360 e. The third kappa shape index (κ3) is 6.03. The molecule has 36 heavy (non-hydrogen) atoms. The molecule has 0 bridgehead atoms. The van der Waals surface area contributed by atoms with Crippen LogP contribution in [0.1, 0.15) is 107 Å². The number of amides is 1. The van der Waals surface area contributed by atoms with E-state index < -0.39 is 0 Å². The Bertz CT molecular complexity index is 1160. The number of carbonyl (C=O) groups is 1. The molecule has 0 aliphatic heterocycles. The first-order valence-corrected chi connectivity index (χ1v) is 13.4. The Morgan fingerprint density at radius 1 is 1.06 bits per heavy atom. The molecule has 1 fully saturated rings. The van der Waals surface area contributed by atoms with Gasteiger partial charge in [0.1, 0.15) is 0 Å². The van der Waals surface area contributed by atoms with Crippen LogP contribution in [0.2, 0.25) is 5.02 Å². The second-order valence-corrected chi connectivity index (χ2v) is 12.5. The Hall–Kier alpha value is -2.60. The lowest BCUT2D eigenvalue weighted by atomic mass is 9.80. The highest BCUT2D eigenvalue weighted by Crippen LogP contribution is 2.35. The maximum atomic E-state index is 13.2. The van der Waals surface area contributed by atoms with Gasteiger partial charge in [-0.05, 0) is 46.4 Å². The van der Waals surface area contributed by atoms with Gasteiger partial charge in [0.2, 0.25) is 0 Å². The maximum absolute atomic E-state index is 13.2. The number of aromatic nitrogens is 3. The molecule has 1 saturated carbocycles. The first-order chi connectivity index (χ1) is 16.9. The van der Waals surface area contributed by atoms with Crippen molar-refractivity contribution < 1.29 is 9.32 Å². The summed E-state index contributed by atoms with van der Waals surface area (Å²) in [5, 5.41) is 11.8. The van der Waals surface area contributed by atoms with Gasteiger partial charge in [-0.1, -0.05) is 96.5 Å². The number of carbonyl (C=O) groups excluding carboxylic acids is 1. The van der Waals surface area contributed by atoms with E-state index in [1.54, 1.807) is 12.3 Å². The molecule has 7 heteroatoms. The fourth-order valence-corrected chi connectivity index (χ4v) is 5.10. The van der Waals surface area contributed by atoms with Crippen LogP contribution in [-0.2, 0) is 23.8 Å². The van der Waals surface area contributed by atoms with Crippen LogP contribution in [0.3, 0.4) is 0 Å². The molecule has 194 valence electrons. The number of halogens is 1. The Balaban J connectivity index is 1.79. The normalized spacial score (nSPS) is 15.3. The average molecular weight is 511 g/mol. The highest BCUT2D eigenvalue weighted by Gasteiger charge is 2.28. The lowest BCUT2D eigenvalue weighted by Crippen LogP contribution is -2.23. The predicted octanol–water partition coefficient (Wildman–Crippen LogP) is 7.16. The van der Waals surface area contributed by atoms with Crippen LogP contribution in [0.15, 0.2) is 35.0 Å². The highest BCUT2D eigenvalue weighted by atomic mass is 35.5. The molecule has 3 aromatic rings. The van der Waals surface area contributed by atoms with Gasteiger partial charge in [0.05, 0.1) is 29.1 Å². The van der Waals surface area contributed by atoms with Crippen molar-refractivity contribution in [3.8, 4) is 5.69 Å². The van der Waals surface area contributed by atoms with E-state index in [4.69, 9.17) is 21.2 Å². The summed E-state index contributed by atoms with van der Waals surface area (Å²) < 4.78 is 7.04. The second-order valence-electron chi connectivity index (χ2n) is 12.2. The van der Waals surface area contributed by atoms with Gasteiger partial charge in [-0.2, -0.15) is 5.10 Å². The van der Waals surface area contributed by atoms with Gasteiger partial charge in [0, 0.05) is 6.07 Å². The van der Waals surface area contributed by atoms with E-state index in [9.17, 15) is 4.79 Å². The van der Waals surface area contributed by atoms with E-state index in [1.807, 2.05) is 4.68 Å². The zero-order valence-corrected chi connectivity index (χ0v) is 23.2. The largest absolute Gasteiger partial charge is 0.360 e. The van der Waals surface area contributed by atoms with Crippen LogP contribution >= 0.6 is 11.6 Å². The molecule has 1 aromatic carbocycles. The van der Waals surface area contributed by atoms with E-state index in [-0.39, 0.29) is 29.0 Å². The van der Waals surface area contributed by atoms with Crippen molar-refractivity contribution in [1.29, 1.82) is 0 Å². The molecule has 1 N–H and O–H groups in total. The molecule has 0 radical (unpaired) electrons. The van der Waals surface area contributed by atoms with Crippen molar-refractivity contribution in [2.75, 3.05) is 0 Å².